The van der Waals surface area contributed by atoms with E-state index in [9.17, 15) is 0 Å². The van der Waals surface area contributed by atoms with Gasteiger partial charge >= 0.3 is 0 Å². The van der Waals surface area contributed by atoms with Crippen LogP contribution < -0.4 is 9.47 Å². The molecule has 3 rings (SSSR count). The van der Waals surface area contributed by atoms with Gasteiger partial charge in [-0.25, -0.2) is 0 Å². The normalized spacial score (nSPS) is 10.9. The van der Waals surface area contributed by atoms with Crippen molar-refractivity contribution in [2.75, 3.05) is 6.61 Å². The van der Waals surface area contributed by atoms with Crippen molar-refractivity contribution < 1.29 is 9.47 Å². The molecule has 3 aromatic rings. The van der Waals surface area contributed by atoms with Crippen molar-refractivity contribution in [3.63, 3.8) is 0 Å². The summed E-state index contributed by atoms with van der Waals surface area (Å²) in [4.78, 5) is 4.50. The van der Waals surface area contributed by atoms with Crippen LogP contribution in [0.4, 0.5) is 5.69 Å². The Labute approximate surface area is 158 Å². The molecule has 0 atom stereocenters. The molecule has 3 aromatic carbocycles. The lowest BCUT2D eigenvalue weighted by Crippen LogP contribution is -1.95. The maximum Gasteiger partial charge on any atom is 0.128 e. The van der Waals surface area contributed by atoms with E-state index in [4.69, 9.17) is 21.1 Å². The lowest BCUT2D eigenvalue weighted by atomic mass is 10.2. The van der Waals surface area contributed by atoms with Gasteiger partial charge in [-0.1, -0.05) is 29.3 Å². The van der Waals surface area contributed by atoms with E-state index in [1.807, 2.05) is 74.5 Å². The highest BCUT2D eigenvalue weighted by Crippen LogP contribution is 2.25. The molecule has 26 heavy (non-hydrogen) atoms. The Morgan fingerprint density at radius 3 is 2.23 bits per heavy atom. The first-order chi connectivity index (χ1) is 12.6. The molecular formula is C22H20ClNO2. The Morgan fingerprint density at radius 1 is 0.923 bits per heavy atom. The molecule has 0 heterocycles. The predicted octanol–water partition coefficient (Wildman–Crippen LogP) is 6.59. The maximum absolute atomic E-state index is 6.07. The van der Waals surface area contributed by atoms with E-state index >= 15 is 0 Å². The molecule has 3 nitrogen and oxygen atoms in total. The minimum absolute atomic E-state index is 0.591. The molecule has 0 aliphatic rings. The minimum Gasteiger partial charge on any atom is -0.493 e. The number of benzene rings is 3. The van der Waals surface area contributed by atoms with Crippen LogP contribution in [0.2, 0.25) is 5.02 Å². The highest BCUT2D eigenvalue weighted by Gasteiger charge is 2.02. The van der Waals surface area contributed by atoms with Gasteiger partial charge in [0.15, 0.2) is 0 Å². The van der Waals surface area contributed by atoms with Gasteiger partial charge in [-0.3, -0.25) is 4.99 Å². The Hall–Kier alpha value is -2.78. The van der Waals surface area contributed by atoms with Crippen molar-refractivity contribution in [1.82, 2.24) is 0 Å². The second kappa shape index (κ2) is 8.54. The van der Waals surface area contributed by atoms with Crippen molar-refractivity contribution in [3.8, 4) is 17.2 Å². The van der Waals surface area contributed by atoms with E-state index in [-0.39, 0.29) is 0 Å². The van der Waals surface area contributed by atoms with Crippen LogP contribution in [-0.4, -0.2) is 12.8 Å². The van der Waals surface area contributed by atoms with Crippen LogP contribution in [-0.2, 0) is 0 Å². The SMILES string of the molecule is CCOc1ccc(Cl)cc1C=Nc1ccc(Oc2ccc(C)cc2)cc1. The first kappa shape index (κ1) is 18.0. The van der Waals surface area contributed by atoms with Gasteiger partial charge in [0.05, 0.1) is 12.3 Å². The van der Waals surface area contributed by atoms with Gasteiger partial charge in [0.2, 0.25) is 0 Å². The van der Waals surface area contributed by atoms with Gasteiger partial charge in [0.1, 0.15) is 17.2 Å². The first-order valence-corrected chi connectivity index (χ1v) is 8.83. The fraction of sp³-hybridized carbons (Fsp3) is 0.136. The zero-order chi connectivity index (χ0) is 18.4. The Bertz CT molecular complexity index is 887. The average molecular weight is 366 g/mol. The molecule has 4 heteroatoms. The molecule has 0 bridgehead atoms. The van der Waals surface area contributed by atoms with E-state index in [2.05, 4.69) is 4.99 Å². The quantitative estimate of drug-likeness (QED) is 0.461. The number of hydrogen-bond acceptors (Lipinski definition) is 3. The van der Waals surface area contributed by atoms with E-state index in [0.29, 0.717) is 11.6 Å². The van der Waals surface area contributed by atoms with Crippen molar-refractivity contribution in [1.29, 1.82) is 0 Å². The molecule has 0 aromatic heterocycles. The number of nitrogens with zero attached hydrogens (tertiary/aromatic N) is 1. The second-order valence-electron chi connectivity index (χ2n) is 5.78. The molecule has 0 fully saturated rings. The van der Waals surface area contributed by atoms with E-state index in [1.54, 1.807) is 12.3 Å². The van der Waals surface area contributed by atoms with Crippen LogP contribution in [0.25, 0.3) is 0 Å². The summed E-state index contributed by atoms with van der Waals surface area (Å²) in [5, 5.41) is 0.650. The molecule has 0 aliphatic carbocycles. The van der Waals surface area contributed by atoms with Crippen LogP contribution in [0.5, 0.6) is 17.2 Å². The smallest absolute Gasteiger partial charge is 0.128 e. The minimum atomic E-state index is 0.591. The molecule has 0 saturated heterocycles. The van der Waals surface area contributed by atoms with Crippen LogP contribution in [0, 0.1) is 6.92 Å². The van der Waals surface area contributed by atoms with Crippen LogP contribution >= 0.6 is 11.6 Å². The summed E-state index contributed by atoms with van der Waals surface area (Å²) in [7, 11) is 0. The molecule has 0 spiro atoms. The van der Waals surface area contributed by atoms with Gasteiger partial charge in [0.25, 0.3) is 0 Å². The molecule has 0 unspecified atom stereocenters. The number of hydrogen-bond donors (Lipinski definition) is 0. The monoisotopic (exact) mass is 365 g/mol. The Balaban J connectivity index is 1.72. The van der Waals surface area contributed by atoms with Gasteiger partial charge in [-0.2, -0.15) is 0 Å². The van der Waals surface area contributed by atoms with Crippen molar-refractivity contribution in [3.05, 3.63) is 82.9 Å². The number of halogens is 1. The third-order valence-electron chi connectivity index (χ3n) is 3.72. The third-order valence-corrected chi connectivity index (χ3v) is 3.95. The summed E-state index contributed by atoms with van der Waals surface area (Å²) in [5.41, 5.74) is 2.87. The molecule has 0 amide bonds. The summed E-state index contributed by atoms with van der Waals surface area (Å²) in [6.45, 7) is 4.59. The average Bonchev–Trinajstić information content (AvgIpc) is 2.65. The lowest BCUT2D eigenvalue weighted by molar-refractivity contribution is 0.340. The Morgan fingerprint density at radius 2 is 1.58 bits per heavy atom. The zero-order valence-electron chi connectivity index (χ0n) is 14.8. The summed E-state index contributed by atoms with van der Waals surface area (Å²) in [5.74, 6) is 2.35. The first-order valence-electron chi connectivity index (χ1n) is 8.45. The molecule has 0 aliphatic heterocycles. The van der Waals surface area contributed by atoms with Crippen molar-refractivity contribution >= 4 is 23.5 Å². The largest absolute Gasteiger partial charge is 0.493 e. The van der Waals surface area contributed by atoms with E-state index in [1.165, 1.54) is 5.56 Å². The molecule has 0 N–H and O–H groups in total. The fourth-order valence-electron chi connectivity index (χ4n) is 2.39. The summed E-state index contributed by atoms with van der Waals surface area (Å²) in [6, 6.07) is 21.1. The van der Waals surface area contributed by atoms with E-state index < -0.39 is 0 Å². The van der Waals surface area contributed by atoms with Crippen LogP contribution in [0.15, 0.2) is 71.7 Å². The second-order valence-corrected chi connectivity index (χ2v) is 6.22. The molecular weight excluding hydrogens is 346 g/mol. The summed E-state index contributed by atoms with van der Waals surface area (Å²) < 4.78 is 11.4. The van der Waals surface area contributed by atoms with Crippen LogP contribution in [0.3, 0.4) is 0 Å². The molecule has 132 valence electrons. The zero-order valence-corrected chi connectivity index (χ0v) is 15.5. The van der Waals surface area contributed by atoms with Gasteiger partial charge in [-0.05, 0) is 68.4 Å². The summed E-state index contributed by atoms with van der Waals surface area (Å²) >= 11 is 6.07. The topological polar surface area (TPSA) is 30.8 Å². The van der Waals surface area contributed by atoms with Crippen molar-refractivity contribution in [2.24, 2.45) is 4.99 Å². The standard InChI is InChI=1S/C22H20ClNO2/c1-3-25-22-13-6-18(23)14-17(22)15-24-19-7-11-21(12-8-19)26-20-9-4-16(2)5-10-20/h4-15H,3H2,1-2H3. The number of ether oxygens (including phenoxy) is 2. The van der Waals surface area contributed by atoms with Crippen molar-refractivity contribution in [2.45, 2.75) is 13.8 Å². The molecule has 0 radical (unpaired) electrons. The van der Waals surface area contributed by atoms with E-state index in [0.717, 1.165) is 28.5 Å². The maximum atomic E-state index is 6.07. The molecule has 0 saturated carbocycles. The van der Waals surface area contributed by atoms with Gasteiger partial charge in [-0.15, -0.1) is 0 Å². The predicted molar refractivity (Wildman–Crippen MR) is 108 cm³/mol. The number of aryl methyl sites for hydroxylation is 1. The highest BCUT2D eigenvalue weighted by atomic mass is 35.5. The highest BCUT2D eigenvalue weighted by molar-refractivity contribution is 6.30. The lowest BCUT2D eigenvalue weighted by Gasteiger charge is -2.07. The van der Waals surface area contributed by atoms with Crippen LogP contribution in [0.1, 0.15) is 18.1 Å². The Kier molecular flexibility index (Phi) is 5.92. The van der Waals surface area contributed by atoms with Gasteiger partial charge in [0, 0.05) is 16.8 Å². The third kappa shape index (κ3) is 4.87. The number of rotatable bonds is 6. The summed E-state index contributed by atoms with van der Waals surface area (Å²) in [6.07, 6.45) is 1.76. The fourth-order valence-corrected chi connectivity index (χ4v) is 2.57. The number of aliphatic imine (C=N–C) groups is 1. The van der Waals surface area contributed by atoms with Gasteiger partial charge < -0.3 is 9.47 Å².